The topological polar surface area (TPSA) is 95.9 Å². The minimum atomic E-state index is -0.453. The average molecular weight is 471 g/mol. The number of fused-ring (bicyclic) bond motifs is 1. The smallest absolute Gasteiger partial charge is 0.283 e. The van der Waals surface area contributed by atoms with Gasteiger partial charge in [0.2, 0.25) is 5.17 Å². The summed E-state index contributed by atoms with van der Waals surface area (Å²) < 4.78 is 7.91. The molecule has 0 radical (unpaired) electrons. The van der Waals surface area contributed by atoms with Crippen molar-refractivity contribution in [1.29, 1.82) is 5.41 Å². The average Bonchev–Trinajstić information content (AvgIpc) is 3.38. The monoisotopic (exact) mass is 470 g/mol. The Labute approximate surface area is 201 Å². The van der Waals surface area contributed by atoms with Gasteiger partial charge < -0.3 is 9.30 Å². The number of amidine groups is 2. The molecule has 2 aliphatic heterocycles. The Morgan fingerprint density at radius 2 is 2.00 bits per heavy atom. The summed E-state index contributed by atoms with van der Waals surface area (Å²) in [5.74, 6) is 0.333. The molecule has 4 heterocycles. The molecule has 0 bridgehead atoms. The number of carbonyl (C=O) groups excluding carboxylic acids is 1. The van der Waals surface area contributed by atoms with Crippen LogP contribution in [0.5, 0.6) is 5.75 Å². The molecule has 9 heteroatoms. The Bertz CT molecular complexity index is 1400. The molecule has 170 valence electrons. The van der Waals surface area contributed by atoms with Gasteiger partial charge in [-0.25, -0.2) is 0 Å². The minimum absolute atomic E-state index is 0.000842. The number of hydrazone groups is 1. The second-order valence-electron chi connectivity index (χ2n) is 7.73. The molecule has 1 amide bonds. The van der Waals surface area contributed by atoms with Crippen molar-refractivity contribution in [1.82, 2.24) is 14.6 Å². The molecule has 0 fully saturated rings. The minimum Gasteiger partial charge on any atom is -0.492 e. The zero-order valence-corrected chi connectivity index (χ0v) is 19.8. The lowest BCUT2D eigenvalue weighted by molar-refractivity contribution is -0.114. The van der Waals surface area contributed by atoms with Crippen LogP contribution in [0, 0.1) is 19.3 Å². The zero-order chi connectivity index (χ0) is 23.8. The van der Waals surface area contributed by atoms with E-state index in [0.29, 0.717) is 16.8 Å². The van der Waals surface area contributed by atoms with E-state index in [4.69, 9.17) is 10.1 Å². The van der Waals surface area contributed by atoms with Crippen molar-refractivity contribution in [2.75, 3.05) is 6.61 Å². The van der Waals surface area contributed by atoms with Crippen LogP contribution in [-0.4, -0.2) is 43.1 Å². The van der Waals surface area contributed by atoms with Gasteiger partial charge >= 0.3 is 0 Å². The molecule has 2 aromatic heterocycles. The fourth-order valence-corrected chi connectivity index (χ4v) is 4.86. The highest BCUT2D eigenvalue weighted by molar-refractivity contribution is 8.27. The molecule has 34 heavy (non-hydrogen) atoms. The van der Waals surface area contributed by atoms with Crippen molar-refractivity contribution < 1.29 is 9.53 Å². The number of aromatic nitrogens is 2. The second kappa shape index (κ2) is 8.75. The Morgan fingerprint density at radius 1 is 1.18 bits per heavy atom. The number of para-hydroxylation sites is 2. The summed E-state index contributed by atoms with van der Waals surface area (Å²) in [6.45, 7) is 6.51. The molecule has 0 spiro atoms. The van der Waals surface area contributed by atoms with Crippen LogP contribution in [0.1, 0.15) is 29.4 Å². The summed E-state index contributed by atoms with van der Waals surface area (Å²) in [7, 11) is 0. The predicted molar refractivity (Wildman–Crippen MR) is 135 cm³/mol. The van der Waals surface area contributed by atoms with Crippen molar-refractivity contribution in [2.45, 2.75) is 20.8 Å². The number of nitrogens with one attached hydrogen (secondary N) is 1. The third-order valence-electron chi connectivity index (χ3n) is 5.54. The zero-order valence-electron chi connectivity index (χ0n) is 18.9. The number of aliphatic imine (C=N–C) groups is 1. The molecule has 5 rings (SSSR count). The maximum Gasteiger partial charge on any atom is 0.283 e. The summed E-state index contributed by atoms with van der Waals surface area (Å²) >= 11 is 1.26. The molecule has 0 saturated carbocycles. The van der Waals surface area contributed by atoms with Crippen molar-refractivity contribution in [3.8, 4) is 11.4 Å². The molecule has 3 aromatic rings. The number of pyridine rings is 1. The number of ether oxygens (including phenoxy) is 1. The first kappa shape index (κ1) is 21.8. The number of hydrogen-bond donors (Lipinski definition) is 1. The van der Waals surface area contributed by atoms with E-state index in [9.17, 15) is 4.79 Å². The van der Waals surface area contributed by atoms with Crippen molar-refractivity contribution in [3.05, 3.63) is 82.9 Å². The van der Waals surface area contributed by atoms with Gasteiger partial charge in [-0.2, -0.15) is 15.1 Å². The molecule has 0 atom stereocenters. The first-order valence-electron chi connectivity index (χ1n) is 10.8. The van der Waals surface area contributed by atoms with E-state index in [2.05, 4.69) is 19.6 Å². The highest BCUT2D eigenvalue weighted by Crippen LogP contribution is 2.33. The van der Waals surface area contributed by atoms with Gasteiger partial charge in [-0.15, -0.1) is 0 Å². The fourth-order valence-electron chi connectivity index (χ4n) is 3.98. The van der Waals surface area contributed by atoms with Gasteiger partial charge in [0.25, 0.3) is 5.91 Å². The summed E-state index contributed by atoms with van der Waals surface area (Å²) in [5, 5.41) is 15.6. The summed E-state index contributed by atoms with van der Waals surface area (Å²) in [6, 6.07) is 13.5. The maximum absolute atomic E-state index is 12.9. The molecular formula is C25H22N6O2S. The second-order valence-corrected chi connectivity index (χ2v) is 8.69. The quantitative estimate of drug-likeness (QED) is 0.552. The highest BCUT2D eigenvalue weighted by Gasteiger charge is 2.36. The van der Waals surface area contributed by atoms with Crippen LogP contribution in [-0.2, 0) is 4.79 Å². The first-order valence-corrected chi connectivity index (χ1v) is 11.6. The van der Waals surface area contributed by atoms with E-state index < -0.39 is 5.91 Å². The van der Waals surface area contributed by atoms with Gasteiger partial charge in [0.15, 0.2) is 5.84 Å². The molecule has 0 unspecified atom stereocenters. The van der Waals surface area contributed by atoms with Crippen LogP contribution in [0.3, 0.4) is 0 Å². The lowest BCUT2D eigenvalue weighted by atomic mass is 10.1. The molecule has 0 aliphatic carbocycles. The summed E-state index contributed by atoms with van der Waals surface area (Å²) in [6.07, 6.45) is 5.10. The first-order chi connectivity index (χ1) is 16.5. The van der Waals surface area contributed by atoms with Gasteiger partial charge in [0.1, 0.15) is 10.8 Å². The lowest BCUT2D eigenvalue weighted by Crippen LogP contribution is -2.35. The Kier molecular flexibility index (Phi) is 5.62. The number of amides is 1. The van der Waals surface area contributed by atoms with Crippen LogP contribution >= 0.6 is 11.8 Å². The SMILES string of the molecule is CCOc1ccccc1-n1c(C)cc(/C=C2\C(=N)N3N=C(c4cccnc4)SC3=NC2=O)c1C. The number of rotatable bonds is 5. The number of hydrogen-bond acceptors (Lipinski definition) is 6. The Hall–Kier alpha value is -3.98. The van der Waals surface area contributed by atoms with E-state index in [0.717, 1.165) is 34.0 Å². The fraction of sp³-hybridized carbons (Fsp3) is 0.160. The molecule has 1 aromatic carbocycles. The van der Waals surface area contributed by atoms with E-state index in [1.54, 1.807) is 18.5 Å². The van der Waals surface area contributed by atoms with Gasteiger partial charge in [0.05, 0.1) is 17.9 Å². The van der Waals surface area contributed by atoms with Crippen LogP contribution in [0.25, 0.3) is 11.8 Å². The number of carbonyl (C=O) groups is 1. The van der Waals surface area contributed by atoms with E-state index in [-0.39, 0.29) is 11.4 Å². The summed E-state index contributed by atoms with van der Waals surface area (Å²) in [5.41, 5.74) is 4.69. The van der Waals surface area contributed by atoms with Crippen LogP contribution in [0.2, 0.25) is 0 Å². The molecular weight excluding hydrogens is 448 g/mol. The molecule has 0 saturated heterocycles. The number of benzene rings is 1. The Balaban J connectivity index is 1.52. The Morgan fingerprint density at radius 3 is 2.76 bits per heavy atom. The van der Waals surface area contributed by atoms with Crippen LogP contribution in [0.4, 0.5) is 0 Å². The third kappa shape index (κ3) is 3.73. The van der Waals surface area contributed by atoms with Crippen molar-refractivity contribution in [2.24, 2.45) is 10.1 Å². The van der Waals surface area contributed by atoms with Crippen molar-refractivity contribution in [3.63, 3.8) is 0 Å². The maximum atomic E-state index is 12.9. The van der Waals surface area contributed by atoms with Crippen molar-refractivity contribution >= 4 is 39.8 Å². The van der Waals surface area contributed by atoms with E-state index in [1.165, 1.54) is 16.8 Å². The summed E-state index contributed by atoms with van der Waals surface area (Å²) in [4.78, 5) is 21.2. The predicted octanol–water partition coefficient (Wildman–Crippen LogP) is 4.56. The van der Waals surface area contributed by atoms with Gasteiger partial charge in [-0.1, -0.05) is 12.1 Å². The van der Waals surface area contributed by atoms with Gasteiger partial charge in [-0.3, -0.25) is 15.2 Å². The van der Waals surface area contributed by atoms with E-state index >= 15 is 0 Å². The lowest BCUT2D eigenvalue weighted by Gasteiger charge is -2.20. The standard InChI is InChI=1S/C25H22N6O2S/c1-4-33-21-10-6-5-9-20(21)30-15(2)12-18(16(30)3)13-19-22(26)31-25(28-23(19)32)34-24(29-31)17-8-7-11-27-14-17/h5-14,26H,4H2,1-3H3/b19-13+,26-22?. The third-order valence-corrected chi connectivity index (χ3v) is 6.50. The van der Waals surface area contributed by atoms with Crippen LogP contribution < -0.4 is 4.74 Å². The normalized spacial score (nSPS) is 16.6. The molecule has 1 N–H and O–H groups in total. The number of aryl methyl sites for hydroxylation is 1. The van der Waals surface area contributed by atoms with Gasteiger partial charge in [-0.05, 0) is 74.5 Å². The number of nitrogens with zero attached hydrogens (tertiary/aromatic N) is 5. The number of thioether (sulfide) groups is 1. The highest BCUT2D eigenvalue weighted by atomic mass is 32.2. The van der Waals surface area contributed by atoms with Gasteiger partial charge in [0, 0.05) is 29.3 Å². The molecule has 2 aliphatic rings. The largest absolute Gasteiger partial charge is 0.492 e. The van der Waals surface area contributed by atoms with Crippen LogP contribution in [0.15, 0.2) is 70.5 Å². The molecule has 8 nitrogen and oxygen atoms in total. The van der Waals surface area contributed by atoms with E-state index in [1.807, 2.05) is 63.2 Å².